The van der Waals surface area contributed by atoms with Gasteiger partial charge >= 0.3 is 5.97 Å². The third-order valence-electron chi connectivity index (χ3n) is 2.66. The van der Waals surface area contributed by atoms with E-state index in [4.69, 9.17) is 20.5 Å². The topological polar surface area (TPSA) is 102 Å². The van der Waals surface area contributed by atoms with Crippen molar-refractivity contribution >= 4 is 11.8 Å². The maximum absolute atomic E-state index is 11.6. The van der Waals surface area contributed by atoms with Crippen molar-refractivity contribution < 1.29 is 19.1 Å². The Labute approximate surface area is 122 Å². The molecule has 0 bridgehead atoms. The first-order chi connectivity index (χ1) is 9.97. The molecule has 0 aliphatic rings. The number of methoxy groups -OCH3 is 1. The molecule has 0 atom stereocenters. The van der Waals surface area contributed by atoms with Gasteiger partial charge < -0.3 is 15.2 Å². The highest BCUT2D eigenvalue weighted by atomic mass is 16.5. The summed E-state index contributed by atoms with van der Waals surface area (Å²) in [4.78, 5) is 23.2. The molecule has 110 valence electrons. The number of carbonyl (C=O) groups is 2. The lowest BCUT2D eigenvalue weighted by molar-refractivity contribution is -0.146. The molecule has 0 aliphatic carbocycles. The number of Topliss-reactive ketones (excluding diaryl/α,β-unsaturated/α-hetero) is 1. The van der Waals surface area contributed by atoms with Crippen LogP contribution >= 0.6 is 0 Å². The first-order valence-corrected chi connectivity index (χ1v) is 6.16. The molecule has 0 unspecified atom stereocenters. The van der Waals surface area contributed by atoms with Crippen LogP contribution in [-0.2, 0) is 20.7 Å². The minimum absolute atomic E-state index is 0.0322. The van der Waals surface area contributed by atoms with Crippen LogP contribution in [0.2, 0.25) is 0 Å². The van der Waals surface area contributed by atoms with Crippen LogP contribution < -0.4 is 10.5 Å². The molecule has 0 radical (unpaired) electrons. The molecule has 0 saturated carbocycles. The normalized spacial score (nSPS) is 11.1. The highest BCUT2D eigenvalue weighted by molar-refractivity contribution is 6.01. The highest BCUT2D eigenvalue weighted by Crippen LogP contribution is 2.12. The first-order valence-electron chi connectivity index (χ1n) is 6.16. The number of hydrogen-bond acceptors (Lipinski definition) is 6. The van der Waals surface area contributed by atoms with E-state index in [9.17, 15) is 9.59 Å². The Morgan fingerprint density at radius 3 is 2.38 bits per heavy atom. The standard InChI is InChI=1S/C15H16N2O4/c1-10(17)13(8-16)14(18)9-21-15(19)7-11-3-5-12(20-2)6-4-11/h3-6H,7,9,17H2,1-2H3. The van der Waals surface area contributed by atoms with Gasteiger partial charge in [-0.15, -0.1) is 0 Å². The van der Waals surface area contributed by atoms with Gasteiger partial charge in [0.05, 0.1) is 13.5 Å². The zero-order valence-corrected chi connectivity index (χ0v) is 11.9. The van der Waals surface area contributed by atoms with Crippen molar-refractivity contribution in [2.45, 2.75) is 13.3 Å². The van der Waals surface area contributed by atoms with Gasteiger partial charge in [0.1, 0.15) is 17.4 Å². The van der Waals surface area contributed by atoms with Gasteiger partial charge in [-0.2, -0.15) is 5.26 Å². The quantitative estimate of drug-likeness (QED) is 0.478. The van der Waals surface area contributed by atoms with Crippen molar-refractivity contribution in [2.75, 3.05) is 13.7 Å². The number of rotatable bonds is 6. The van der Waals surface area contributed by atoms with Gasteiger partial charge in [-0.1, -0.05) is 12.1 Å². The molecule has 0 amide bonds. The van der Waals surface area contributed by atoms with Gasteiger partial charge in [0, 0.05) is 5.70 Å². The van der Waals surface area contributed by atoms with E-state index in [2.05, 4.69) is 0 Å². The Bertz CT molecular complexity index is 593. The SMILES string of the molecule is COc1ccc(CC(=O)OCC(=O)C(C#N)=C(C)N)cc1. The second-order valence-electron chi connectivity index (χ2n) is 4.28. The third kappa shape index (κ3) is 4.99. The largest absolute Gasteiger partial charge is 0.497 e. The van der Waals surface area contributed by atoms with Gasteiger partial charge in [-0.05, 0) is 24.6 Å². The Hall–Kier alpha value is -2.81. The Morgan fingerprint density at radius 1 is 1.29 bits per heavy atom. The van der Waals surface area contributed by atoms with Crippen LogP contribution in [0, 0.1) is 11.3 Å². The van der Waals surface area contributed by atoms with Gasteiger partial charge in [0.25, 0.3) is 0 Å². The van der Waals surface area contributed by atoms with E-state index >= 15 is 0 Å². The minimum Gasteiger partial charge on any atom is -0.497 e. The Balaban J connectivity index is 2.53. The lowest BCUT2D eigenvalue weighted by atomic mass is 10.1. The monoisotopic (exact) mass is 288 g/mol. The molecule has 0 fully saturated rings. The number of ether oxygens (including phenoxy) is 2. The predicted octanol–water partition coefficient (Wildman–Crippen LogP) is 1.11. The van der Waals surface area contributed by atoms with Gasteiger partial charge in [-0.3, -0.25) is 9.59 Å². The zero-order chi connectivity index (χ0) is 15.8. The smallest absolute Gasteiger partial charge is 0.310 e. The fourth-order valence-corrected chi connectivity index (χ4v) is 1.55. The zero-order valence-electron chi connectivity index (χ0n) is 11.9. The summed E-state index contributed by atoms with van der Waals surface area (Å²) in [5, 5.41) is 8.76. The van der Waals surface area contributed by atoms with Crippen LogP contribution in [-0.4, -0.2) is 25.5 Å². The van der Waals surface area contributed by atoms with E-state index in [-0.39, 0.29) is 17.7 Å². The van der Waals surface area contributed by atoms with E-state index in [0.717, 1.165) is 5.56 Å². The van der Waals surface area contributed by atoms with E-state index in [1.807, 2.05) is 0 Å². The molecule has 0 aromatic heterocycles. The molecular formula is C15H16N2O4. The van der Waals surface area contributed by atoms with Crippen molar-refractivity contribution in [2.24, 2.45) is 5.73 Å². The van der Waals surface area contributed by atoms with Crippen LogP contribution in [0.4, 0.5) is 0 Å². The summed E-state index contributed by atoms with van der Waals surface area (Å²) >= 11 is 0. The number of ketones is 1. The van der Waals surface area contributed by atoms with Crippen molar-refractivity contribution in [3.8, 4) is 11.8 Å². The fraction of sp³-hybridized carbons (Fsp3) is 0.267. The number of nitrogens with two attached hydrogens (primary N) is 1. The summed E-state index contributed by atoms with van der Waals surface area (Å²) in [6, 6.07) is 8.59. The van der Waals surface area contributed by atoms with Crippen molar-refractivity contribution in [3.05, 3.63) is 41.1 Å². The number of allylic oxidation sites excluding steroid dienone is 1. The van der Waals surface area contributed by atoms with E-state index < -0.39 is 18.4 Å². The molecule has 21 heavy (non-hydrogen) atoms. The van der Waals surface area contributed by atoms with Crippen molar-refractivity contribution in [3.63, 3.8) is 0 Å². The molecule has 6 heteroatoms. The lowest BCUT2D eigenvalue weighted by Crippen LogP contribution is -2.18. The molecule has 1 aromatic rings. The number of hydrogen-bond donors (Lipinski definition) is 1. The number of benzene rings is 1. The molecule has 0 saturated heterocycles. The second kappa shape index (κ2) is 7.70. The molecule has 6 nitrogen and oxygen atoms in total. The predicted molar refractivity (Wildman–Crippen MR) is 75.2 cm³/mol. The summed E-state index contributed by atoms with van der Waals surface area (Å²) in [6.07, 6.45) is 0.0322. The summed E-state index contributed by atoms with van der Waals surface area (Å²) in [6.45, 7) is 0.946. The maximum Gasteiger partial charge on any atom is 0.310 e. The molecule has 0 spiro atoms. The number of nitriles is 1. The average Bonchev–Trinajstić information content (AvgIpc) is 2.46. The molecule has 0 heterocycles. The van der Waals surface area contributed by atoms with Crippen molar-refractivity contribution in [1.29, 1.82) is 5.26 Å². The van der Waals surface area contributed by atoms with Gasteiger partial charge in [0.2, 0.25) is 5.78 Å². The van der Waals surface area contributed by atoms with E-state index in [1.54, 1.807) is 37.4 Å². The Morgan fingerprint density at radius 2 is 1.90 bits per heavy atom. The average molecular weight is 288 g/mol. The molecule has 1 rings (SSSR count). The van der Waals surface area contributed by atoms with E-state index in [1.165, 1.54) is 6.92 Å². The Kier molecular flexibility index (Phi) is 5.96. The van der Waals surface area contributed by atoms with Crippen LogP contribution in [0.25, 0.3) is 0 Å². The molecule has 2 N–H and O–H groups in total. The van der Waals surface area contributed by atoms with Crippen LogP contribution in [0.1, 0.15) is 12.5 Å². The summed E-state index contributed by atoms with van der Waals surface area (Å²) in [5.74, 6) is -0.481. The molecule has 1 aromatic carbocycles. The number of nitrogens with zero attached hydrogens (tertiary/aromatic N) is 1. The van der Waals surface area contributed by atoms with Gasteiger partial charge in [-0.25, -0.2) is 0 Å². The highest BCUT2D eigenvalue weighted by Gasteiger charge is 2.14. The molecular weight excluding hydrogens is 272 g/mol. The van der Waals surface area contributed by atoms with Crippen molar-refractivity contribution in [1.82, 2.24) is 0 Å². The third-order valence-corrected chi connectivity index (χ3v) is 2.66. The first kappa shape index (κ1) is 16.2. The molecule has 0 aliphatic heterocycles. The summed E-state index contributed by atoms with van der Waals surface area (Å²) in [5.41, 5.74) is 6.04. The van der Waals surface area contributed by atoms with Crippen LogP contribution in [0.3, 0.4) is 0 Å². The number of esters is 1. The maximum atomic E-state index is 11.6. The van der Waals surface area contributed by atoms with Gasteiger partial charge in [0.15, 0.2) is 6.61 Å². The van der Waals surface area contributed by atoms with Crippen LogP contribution in [0.5, 0.6) is 5.75 Å². The minimum atomic E-state index is -0.611. The summed E-state index contributed by atoms with van der Waals surface area (Å²) < 4.78 is 9.84. The fourth-order valence-electron chi connectivity index (χ4n) is 1.55. The lowest BCUT2D eigenvalue weighted by Gasteiger charge is -2.05. The number of carbonyl (C=O) groups excluding carboxylic acids is 2. The summed E-state index contributed by atoms with van der Waals surface area (Å²) in [7, 11) is 1.55. The van der Waals surface area contributed by atoms with Crippen LogP contribution in [0.15, 0.2) is 35.5 Å². The second-order valence-corrected chi connectivity index (χ2v) is 4.28. The van der Waals surface area contributed by atoms with E-state index in [0.29, 0.717) is 5.75 Å².